The van der Waals surface area contributed by atoms with Crippen molar-refractivity contribution in [1.82, 2.24) is 0 Å². The van der Waals surface area contributed by atoms with Gasteiger partial charge in [-0.1, -0.05) is 0 Å². The number of anilines is 1. The largest absolute Gasteiger partial charge is 0.381 e. The fourth-order valence-corrected chi connectivity index (χ4v) is 2.10. The molecule has 0 unspecified atom stereocenters. The number of rotatable bonds is 8. The second-order valence-corrected chi connectivity index (χ2v) is 5.69. The van der Waals surface area contributed by atoms with E-state index in [0.717, 1.165) is 25.0 Å². The Bertz CT molecular complexity index is 495. The summed E-state index contributed by atoms with van der Waals surface area (Å²) in [7, 11) is 0. The highest BCUT2D eigenvalue weighted by atomic mass is 79.9. The molecule has 0 aromatic heterocycles. The van der Waals surface area contributed by atoms with Gasteiger partial charge in [-0.15, -0.1) is 0 Å². The van der Waals surface area contributed by atoms with Crippen LogP contribution in [0.4, 0.5) is 15.8 Å². The highest BCUT2D eigenvalue weighted by molar-refractivity contribution is 9.10. The first-order valence-electron chi connectivity index (χ1n) is 6.53. The Balaban J connectivity index is 1.81. The molecule has 1 saturated carbocycles. The molecule has 1 fully saturated rings. The lowest BCUT2D eigenvalue weighted by Crippen LogP contribution is -2.08. The van der Waals surface area contributed by atoms with Gasteiger partial charge in [0.1, 0.15) is 11.5 Å². The Kier molecular flexibility index (Phi) is 5.31. The second-order valence-electron chi connectivity index (χ2n) is 4.84. The van der Waals surface area contributed by atoms with Gasteiger partial charge in [0.15, 0.2) is 0 Å². The van der Waals surface area contributed by atoms with Crippen LogP contribution < -0.4 is 5.32 Å². The van der Waals surface area contributed by atoms with Crippen LogP contribution in [0, 0.1) is 21.8 Å². The maximum Gasteiger partial charge on any atom is 0.295 e. The quantitative estimate of drug-likeness (QED) is 0.442. The topological polar surface area (TPSA) is 64.4 Å². The Morgan fingerprint density at radius 1 is 1.50 bits per heavy atom. The van der Waals surface area contributed by atoms with E-state index >= 15 is 0 Å². The summed E-state index contributed by atoms with van der Waals surface area (Å²) in [4.78, 5) is 10.3. The van der Waals surface area contributed by atoms with Gasteiger partial charge in [-0.25, -0.2) is 4.39 Å². The summed E-state index contributed by atoms with van der Waals surface area (Å²) in [6, 6.07) is 2.30. The minimum atomic E-state index is -0.644. The molecule has 5 nitrogen and oxygen atoms in total. The maximum absolute atomic E-state index is 13.3. The van der Waals surface area contributed by atoms with Crippen LogP contribution in [0.3, 0.4) is 0 Å². The molecule has 0 saturated heterocycles. The molecule has 0 heterocycles. The van der Waals surface area contributed by atoms with Gasteiger partial charge < -0.3 is 10.1 Å². The van der Waals surface area contributed by atoms with Gasteiger partial charge in [0.2, 0.25) is 0 Å². The fourth-order valence-electron chi connectivity index (χ4n) is 1.76. The first-order chi connectivity index (χ1) is 9.58. The summed E-state index contributed by atoms with van der Waals surface area (Å²) in [6.07, 6.45) is 3.26. The average molecular weight is 347 g/mol. The fraction of sp³-hybridized carbons (Fsp3) is 0.538. The van der Waals surface area contributed by atoms with Crippen LogP contribution >= 0.6 is 15.9 Å². The van der Waals surface area contributed by atoms with Crippen molar-refractivity contribution in [3.63, 3.8) is 0 Å². The van der Waals surface area contributed by atoms with Crippen molar-refractivity contribution in [1.29, 1.82) is 0 Å². The van der Waals surface area contributed by atoms with Gasteiger partial charge in [-0.05, 0) is 47.2 Å². The highest BCUT2D eigenvalue weighted by Crippen LogP contribution is 2.30. The number of nitrogens with zero attached hydrogens (tertiary/aromatic N) is 1. The molecule has 1 aromatic carbocycles. The molecule has 1 aliphatic carbocycles. The SMILES string of the molecule is O=[N+]([O-])c1cc(F)c(Br)cc1NCCCOCC1CC1. The van der Waals surface area contributed by atoms with Crippen molar-refractivity contribution >= 4 is 27.3 Å². The van der Waals surface area contributed by atoms with E-state index in [0.29, 0.717) is 18.8 Å². The van der Waals surface area contributed by atoms with E-state index in [-0.39, 0.29) is 10.2 Å². The van der Waals surface area contributed by atoms with E-state index < -0.39 is 10.7 Å². The number of nitrogens with one attached hydrogen (secondary N) is 1. The third-order valence-corrected chi connectivity index (χ3v) is 3.67. The third kappa shape index (κ3) is 4.42. The molecule has 0 radical (unpaired) electrons. The summed E-state index contributed by atoms with van der Waals surface area (Å²) < 4.78 is 19.0. The lowest BCUT2D eigenvalue weighted by molar-refractivity contribution is -0.384. The molecule has 1 aliphatic rings. The number of benzene rings is 1. The number of halogens is 2. The molecular weight excluding hydrogens is 331 g/mol. The van der Waals surface area contributed by atoms with Crippen LogP contribution in [0.1, 0.15) is 19.3 Å². The van der Waals surface area contributed by atoms with Gasteiger partial charge in [0.05, 0.1) is 15.5 Å². The molecule has 110 valence electrons. The number of nitro groups is 1. The minimum absolute atomic E-state index is 0.204. The number of nitro benzene ring substituents is 1. The summed E-state index contributed by atoms with van der Waals surface area (Å²) in [6.45, 7) is 1.98. The van der Waals surface area contributed by atoms with E-state index in [2.05, 4.69) is 21.2 Å². The molecule has 20 heavy (non-hydrogen) atoms. The van der Waals surface area contributed by atoms with Crippen LogP contribution in [0.25, 0.3) is 0 Å². The second kappa shape index (κ2) is 6.99. The van der Waals surface area contributed by atoms with E-state index in [4.69, 9.17) is 4.74 Å². The molecule has 0 aliphatic heterocycles. The van der Waals surface area contributed by atoms with Gasteiger partial charge in [-0.3, -0.25) is 10.1 Å². The van der Waals surface area contributed by atoms with E-state index in [1.807, 2.05) is 0 Å². The smallest absolute Gasteiger partial charge is 0.295 e. The first-order valence-corrected chi connectivity index (χ1v) is 7.32. The Morgan fingerprint density at radius 3 is 2.90 bits per heavy atom. The number of hydrogen-bond donors (Lipinski definition) is 1. The van der Waals surface area contributed by atoms with Crippen molar-refractivity contribution in [2.24, 2.45) is 5.92 Å². The Hall–Kier alpha value is -1.21. The summed E-state index contributed by atoms with van der Waals surface area (Å²) in [5, 5.41) is 13.8. The minimum Gasteiger partial charge on any atom is -0.381 e. The van der Waals surface area contributed by atoms with Crippen LogP contribution in [-0.2, 0) is 4.74 Å². The Labute approximate surface area is 124 Å². The van der Waals surface area contributed by atoms with Crippen LogP contribution in [0.5, 0.6) is 0 Å². The van der Waals surface area contributed by atoms with Gasteiger partial charge >= 0.3 is 0 Å². The van der Waals surface area contributed by atoms with Gasteiger partial charge in [0.25, 0.3) is 5.69 Å². The molecule has 7 heteroatoms. The predicted octanol–water partition coefficient (Wildman–Crippen LogP) is 3.73. The first kappa shape index (κ1) is 15.2. The molecule has 0 amide bonds. The van der Waals surface area contributed by atoms with Crippen LogP contribution in [0.15, 0.2) is 16.6 Å². The zero-order valence-electron chi connectivity index (χ0n) is 10.9. The lowest BCUT2D eigenvalue weighted by atomic mass is 10.2. The summed E-state index contributed by atoms with van der Waals surface area (Å²) in [5.41, 5.74) is 0.0510. The Morgan fingerprint density at radius 2 is 2.25 bits per heavy atom. The van der Waals surface area contributed by atoms with Gasteiger partial charge in [-0.2, -0.15) is 0 Å². The molecule has 1 N–H and O–H groups in total. The monoisotopic (exact) mass is 346 g/mol. The standard InChI is InChI=1S/C13H16BrFN2O3/c14-10-6-12(13(17(18)19)7-11(10)15)16-4-1-5-20-8-9-2-3-9/h6-7,9,16H,1-5,8H2. The normalized spacial score (nSPS) is 14.3. The van der Waals surface area contributed by atoms with E-state index in [1.165, 1.54) is 18.9 Å². The molecular formula is C13H16BrFN2O3. The molecule has 2 rings (SSSR count). The third-order valence-electron chi connectivity index (χ3n) is 3.07. The van der Waals surface area contributed by atoms with Crippen LogP contribution in [-0.4, -0.2) is 24.7 Å². The van der Waals surface area contributed by atoms with Crippen molar-refractivity contribution < 1.29 is 14.1 Å². The van der Waals surface area contributed by atoms with Crippen molar-refractivity contribution in [2.45, 2.75) is 19.3 Å². The number of ether oxygens (including phenoxy) is 1. The van der Waals surface area contributed by atoms with E-state index in [1.54, 1.807) is 0 Å². The van der Waals surface area contributed by atoms with Crippen molar-refractivity contribution in [3.8, 4) is 0 Å². The zero-order chi connectivity index (χ0) is 14.5. The molecule has 0 bridgehead atoms. The van der Waals surface area contributed by atoms with Crippen molar-refractivity contribution in [2.75, 3.05) is 25.1 Å². The number of hydrogen-bond acceptors (Lipinski definition) is 4. The molecule has 0 spiro atoms. The average Bonchev–Trinajstić information content (AvgIpc) is 3.21. The predicted molar refractivity (Wildman–Crippen MR) is 77.4 cm³/mol. The summed E-state index contributed by atoms with van der Waals surface area (Å²) >= 11 is 3.02. The molecule has 0 atom stereocenters. The van der Waals surface area contributed by atoms with Gasteiger partial charge in [0, 0.05) is 19.8 Å². The van der Waals surface area contributed by atoms with Crippen LogP contribution in [0.2, 0.25) is 0 Å². The maximum atomic E-state index is 13.3. The zero-order valence-corrected chi connectivity index (χ0v) is 12.5. The molecule has 1 aromatic rings. The summed E-state index contributed by atoms with van der Waals surface area (Å²) in [5.74, 6) is 0.0899. The highest BCUT2D eigenvalue weighted by Gasteiger charge is 2.21. The van der Waals surface area contributed by atoms with Crippen molar-refractivity contribution in [3.05, 3.63) is 32.5 Å². The lowest BCUT2D eigenvalue weighted by Gasteiger charge is -2.08. The van der Waals surface area contributed by atoms with E-state index in [9.17, 15) is 14.5 Å².